The number of aliphatic imine (C=N–C) groups is 1. The normalized spacial score (nSPS) is 10.9. The van der Waals surface area contributed by atoms with Crippen LogP contribution in [0.5, 0.6) is 5.88 Å². The van der Waals surface area contributed by atoms with Crippen molar-refractivity contribution in [1.82, 2.24) is 15.6 Å². The molecule has 0 fully saturated rings. The van der Waals surface area contributed by atoms with E-state index in [0.29, 0.717) is 19.0 Å². The van der Waals surface area contributed by atoms with Crippen LogP contribution in [0.25, 0.3) is 0 Å². The summed E-state index contributed by atoms with van der Waals surface area (Å²) >= 11 is 1.84. The number of nitrogens with zero attached hydrogens (tertiary/aromatic N) is 2. The Morgan fingerprint density at radius 2 is 1.96 bits per heavy atom. The van der Waals surface area contributed by atoms with E-state index in [1.165, 1.54) is 9.75 Å². The number of pyridine rings is 1. The molecule has 0 amide bonds. The maximum Gasteiger partial charge on any atom is 0.213 e. The van der Waals surface area contributed by atoms with Crippen LogP contribution in [0, 0.1) is 0 Å². The van der Waals surface area contributed by atoms with E-state index in [2.05, 4.69) is 46.6 Å². The second kappa shape index (κ2) is 12.1. The van der Waals surface area contributed by atoms with Crippen LogP contribution in [0.2, 0.25) is 0 Å². The maximum absolute atomic E-state index is 5.43. The van der Waals surface area contributed by atoms with Gasteiger partial charge in [0.1, 0.15) is 0 Å². The van der Waals surface area contributed by atoms with Gasteiger partial charge in [-0.15, -0.1) is 35.3 Å². The Labute approximate surface area is 171 Å². The number of rotatable bonds is 8. The first-order valence-corrected chi connectivity index (χ1v) is 9.24. The van der Waals surface area contributed by atoms with Gasteiger partial charge in [0.05, 0.1) is 19.7 Å². The Morgan fingerprint density at radius 3 is 2.64 bits per heavy atom. The molecule has 0 bridgehead atoms. The lowest BCUT2D eigenvalue weighted by Crippen LogP contribution is -2.36. The van der Waals surface area contributed by atoms with Gasteiger partial charge in [-0.1, -0.05) is 6.92 Å². The molecule has 138 valence electrons. The van der Waals surface area contributed by atoms with E-state index in [9.17, 15) is 0 Å². The number of guanidine groups is 1. The van der Waals surface area contributed by atoms with Gasteiger partial charge in [0.15, 0.2) is 5.96 Å². The highest BCUT2D eigenvalue weighted by atomic mass is 127. The second-order valence-electron chi connectivity index (χ2n) is 5.21. The third kappa shape index (κ3) is 7.60. The fourth-order valence-corrected chi connectivity index (χ4v) is 3.06. The molecule has 0 atom stereocenters. The summed E-state index contributed by atoms with van der Waals surface area (Å²) in [5.74, 6) is 1.47. The standard InChI is InChI=1S/C18H26N4OS.HI/c1-4-15-7-8-16(24-15)13-22-18(19-5-2)21-12-14-9-10-20-17(11-14)23-6-3;/h7-11H,4-6,12-13H2,1-3H3,(H2,19,21,22);1H. The summed E-state index contributed by atoms with van der Waals surface area (Å²) in [5, 5.41) is 6.67. The smallest absolute Gasteiger partial charge is 0.213 e. The SMILES string of the molecule is CCNC(=NCc1ccnc(OCC)c1)NCc1ccc(CC)s1.I. The zero-order chi connectivity index (χ0) is 17.2. The van der Waals surface area contributed by atoms with Gasteiger partial charge in [-0.25, -0.2) is 9.98 Å². The Morgan fingerprint density at radius 1 is 1.16 bits per heavy atom. The van der Waals surface area contributed by atoms with Crippen molar-refractivity contribution in [3.63, 3.8) is 0 Å². The largest absolute Gasteiger partial charge is 0.478 e. The summed E-state index contributed by atoms with van der Waals surface area (Å²) in [6, 6.07) is 8.26. The molecule has 7 heteroatoms. The third-order valence-electron chi connectivity index (χ3n) is 3.35. The average molecular weight is 474 g/mol. The number of hydrogen-bond acceptors (Lipinski definition) is 4. The summed E-state index contributed by atoms with van der Waals surface area (Å²) in [5.41, 5.74) is 1.08. The van der Waals surface area contributed by atoms with Crippen molar-refractivity contribution < 1.29 is 4.74 Å². The van der Waals surface area contributed by atoms with Crippen molar-refractivity contribution in [3.05, 3.63) is 45.8 Å². The molecule has 0 aliphatic rings. The summed E-state index contributed by atoms with van der Waals surface area (Å²) in [4.78, 5) is 11.6. The molecule has 2 heterocycles. The first-order valence-electron chi connectivity index (χ1n) is 8.42. The minimum Gasteiger partial charge on any atom is -0.478 e. The molecule has 0 aromatic carbocycles. The average Bonchev–Trinajstić information content (AvgIpc) is 3.06. The number of aryl methyl sites for hydroxylation is 1. The van der Waals surface area contributed by atoms with Crippen molar-refractivity contribution in [3.8, 4) is 5.88 Å². The van der Waals surface area contributed by atoms with Gasteiger partial charge >= 0.3 is 0 Å². The van der Waals surface area contributed by atoms with Crippen LogP contribution in [-0.2, 0) is 19.5 Å². The predicted molar refractivity (Wildman–Crippen MR) is 116 cm³/mol. The molecule has 0 radical (unpaired) electrons. The van der Waals surface area contributed by atoms with Crippen LogP contribution >= 0.6 is 35.3 Å². The van der Waals surface area contributed by atoms with E-state index in [1.54, 1.807) is 6.20 Å². The van der Waals surface area contributed by atoms with Crippen molar-refractivity contribution in [2.75, 3.05) is 13.2 Å². The molecule has 0 saturated heterocycles. The quantitative estimate of drug-likeness (QED) is 0.345. The molecule has 0 saturated carbocycles. The van der Waals surface area contributed by atoms with Gasteiger partial charge in [0.25, 0.3) is 0 Å². The van der Waals surface area contributed by atoms with Gasteiger partial charge in [-0.2, -0.15) is 0 Å². The molecule has 2 N–H and O–H groups in total. The predicted octanol–water partition coefficient (Wildman–Crippen LogP) is 3.98. The van der Waals surface area contributed by atoms with E-state index in [-0.39, 0.29) is 24.0 Å². The molecule has 25 heavy (non-hydrogen) atoms. The minimum atomic E-state index is 0. The topological polar surface area (TPSA) is 58.5 Å². The molecule has 2 aromatic rings. The fraction of sp³-hybridized carbons (Fsp3) is 0.444. The Kier molecular flexibility index (Phi) is 10.5. The zero-order valence-electron chi connectivity index (χ0n) is 15.0. The zero-order valence-corrected chi connectivity index (χ0v) is 18.2. The number of aromatic nitrogens is 1. The van der Waals surface area contributed by atoms with Crippen molar-refractivity contribution in [2.45, 2.75) is 40.3 Å². The monoisotopic (exact) mass is 474 g/mol. The van der Waals surface area contributed by atoms with Crippen LogP contribution in [0.3, 0.4) is 0 Å². The van der Waals surface area contributed by atoms with Crippen molar-refractivity contribution in [1.29, 1.82) is 0 Å². The Hall–Kier alpha value is -1.35. The van der Waals surface area contributed by atoms with E-state index in [1.807, 2.05) is 30.4 Å². The highest BCUT2D eigenvalue weighted by Crippen LogP contribution is 2.16. The lowest BCUT2D eigenvalue weighted by atomic mass is 10.3. The fourth-order valence-electron chi connectivity index (χ4n) is 2.17. The van der Waals surface area contributed by atoms with Gasteiger partial charge < -0.3 is 15.4 Å². The molecular formula is C18H27IN4OS. The molecule has 0 spiro atoms. The number of ether oxygens (including phenoxy) is 1. The highest BCUT2D eigenvalue weighted by Gasteiger charge is 2.02. The first kappa shape index (κ1) is 21.7. The molecule has 0 unspecified atom stereocenters. The second-order valence-corrected chi connectivity index (χ2v) is 6.46. The van der Waals surface area contributed by atoms with E-state index < -0.39 is 0 Å². The van der Waals surface area contributed by atoms with Crippen LogP contribution in [0.1, 0.15) is 36.1 Å². The summed E-state index contributed by atoms with van der Waals surface area (Å²) in [6.45, 7) is 9.02. The van der Waals surface area contributed by atoms with Crippen LogP contribution < -0.4 is 15.4 Å². The highest BCUT2D eigenvalue weighted by molar-refractivity contribution is 14.0. The van der Waals surface area contributed by atoms with Gasteiger partial charge in [-0.3, -0.25) is 0 Å². The van der Waals surface area contributed by atoms with Gasteiger partial charge in [0.2, 0.25) is 5.88 Å². The minimum absolute atomic E-state index is 0. The lowest BCUT2D eigenvalue weighted by Gasteiger charge is -2.10. The van der Waals surface area contributed by atoms with E-state index in [4.69, 9.17) is 4.74 Å². The van der Waals surface area contributed by atoms with Crippen LogP contribution in [-0.4, -0.2) is 24.1 Å². The summed E-state index contributed by atoms with van der Waals surface area (Å²) < 4.78 is 5.43. The third-order valence-corrected chi connectivity index (χ3v) is 4.58. The van der Waals surface area contributed by atoms with E-state index >= 15 is 0 Å². The Balaban J connectivity index is 0.00000312. The summed E-state index contributed by atoms with van der Waals surface area (Å²) in [7, 11) is 0. The molecule has 2 aromatic heterocycles. The maximum atomic E-state index is 5.43. The number of nitrogens with one attached hydrogen (secondary N) is 2. The number of thiophene rings is 1. The number of hydrogen-bond donors (Lipinski definition) is 2. The molecular weight excluding hydrogens is 447 g/mol. The van der Waals surface area contributed by atoms with Gasteiger partial charge in [0, 0.05) is 28.6 Å². The van der Waals surface area contributed by atoms with Gasteiger partial charge in [-0.05, 0) is 44.0 Å². The molecule has 5 nitrogen and oxygen atoms in total. The summed E-state index contributed by atoms with van der Waals surface area (Å²) in [6.07, 6.45) is 2.84. The molecule has 0 aliphatic heterocycles. The lowest BCUT2D eigenvalue weighted by molar-refractivity contribution is 0.326. The number of halogens is 1. The van der Waals surface area contributed by atoms with Crippen LogP contribution in [0.15, 0.2) is 35.5 Å². The van der Waals surface area contributed by atoms with Crippen molar-refractivity contribution >= 4 is 41.3 Å². The van der Waals surface area contributed by atoms with Crippen molar-refractivity contribution in [2.24, 2.45) is 4.99 Å². The van der Waals surface area contributed by atoms with E-state index in [0.717, 1.165) is 31.0 Å². The molecule has 0 aliphatic carbocycles. The first-order chi connectivity index (χ1) is 11.7. The molecule has 2 rings (SSSR count). The van der Waals surface area contributed by atoms with Crippen LogP contribution in [0.4, 0.5) is 0 Å². The Bertz CT molecular complexity index is 660.